The van der Waals surface area contributed by atoms with Crippen LogP contribution in [0.25, 0.3) is 0 Å². The number of likely N-dealkylation sites (N-methyl/N-ethyl adjacent to an activating group) is 2. The van der Waals surface area contributed by atoms with Crippen molar-refractivity contribution in [3.05, 3.63) is 0 Å². The highest BCUT2D eigenvalue weighted by atomic mass is 15.2. The molecule has 0 aromatic heterocycles. The number of hydrogen-bond acceptors (Lipinski definition) is 2. The van der Waals surface area contributed by atoms with Crippen LogP contribution in [0.5, 0.6) is 0 Å². The van der Waals surface area contributed by atoms with Gasteiger partial charge in [0.2, 0.25) is 0 Å². The third-order valence-electron chi connectivity index (χ3n) is 4.22. The highest BCUT2D eigenvalue weighted by Gasteiger charge is 2.41. The van der Waals surface area contributed by atoms with Crippen LogP contribution in [0.4, 0.5) is 0 Å². The summed E-state index contributed by atoms with van der Waals surface area (Å²) in [4.78, 5) is 2.45. The van der Waals surface area contributed by atoms with Crippen molar-refractivity contribution in [1.82, 2.24) is 10.2 Å². The molecule has 90 valence electrons. The maximum absolute atomic E-state index is 3.62. The molecule has 0 aromatic rings. The van der Waals surface area contributed by atoms with Gasteiger partial charge in [0, 0.05) is 11.6 Å². The average Bonchev–Trinajstić information content (AvgIpc) is 2.17. The van der Waals surface area contributed by atoms with E-state index >= 15 is 0 Å². The fourth-order valence-corrected chi connectivity index (χ4v) is 3.25. The van der Waals surface area contributed by atoms with Crippen molar-refractivity contribution in [2.24, 2.45) is 5.92 Å². The third-order valence-corrected chi connectivity index (χ3v) is 4.22. The molecule has 0 aromatic carbocycles. The second kappa shape index (κ2) is 5.31. The van der Waals surface area contributed by atoms with Gasteiger partial charge < -0.3 is 10.2 Å². The van der Waals surface area contributed by atoms with Gasteiger partial charge in [-0.05, 0) is 46.3 Å². The zero-order valence-corrected chi connectivity index (χ0v) is 11.1. The lowest BCUT2D eigenvalue weighted by Crippen LogP contribution is -2.59. The second-order valence-electron chi connectivity index (χ2n) is 5.48. The fourth-order valence-electron chi connectivity index (χ4n) is 3.25. The minimum atomic E-state index is 0.383. The first-order valence-corrected chi connectivity index (χ1v) is 6.43. The van der Waals surface area contributed by atoms with E-state index < -0.39 is 0 Å². The molecule has 3 unspecified atom stereocenters. The topological polar surface area (TPSA) is 15.3 Å². The van der Waals surface area contributed by atoms with E-state index in [-0.39, 0.29) is 0 Å². The Hall–Kier alpha value is -0.0800. The van der Waals surface area contributed by atoms with Crippen LogP contribution in [-0.4, -0.2) is 37.1 Å². The van der Waals surface area contributed by atoms with Gasteiger partial charge in [0.1, 0.15) is 0 Å². The molecule has 1 saturated carbocycles. The quantitative estimate of drug-likeness (QED) is 0.770. The monoisotopic (exact) mass is 212 g/mol. The van der Waals surface area contributed by atoms with Gasteiger partial charge in [-0.2, -0.15) is 0 Å². The van der Waals surface area contributed by atoms with E-state index in [0.29, 0.717) is 11.6 Å². The highest BCUT2D eigenvalue weighted by molar-refractivity contribution is 4.99. The predicted molar refractivity (Wildman–Crippen MR) is 67.2 cm³/mol. The SMILES string of the molecule is CCNC(C)C1(N(C)C)CCCC(C)C1. The Balaban J connectivity index is 2.77. The molecule has 2 heteroatoms. The number of nitrogens with zero attached hydrogens (tertiary/aromatic N) is 1. The van der Waals surface area contributed by atoms with Crippen molar-refractivity contribution >= 4 is 0 Å². The van der Waals surface area contributed by atoms with Crippen molar-refractivity contribution in [3.63, 3.8) is 0 Å². The highest BCUT2D eigenvalue weighted by Crippen LogP contribution is 2.37. The fraction of sp³-hybridized carbons (Fsp3) is 1.00. The molecule has 2 nitrogen and oxygen atoms in total. The lowest BCUT2D eigenvalue weighted by Gasteiger charge is -2.49. The zero-order valence-electron chi connectivity index (χ0n) is 11.1. The number of rotatable bonds is 4. The van der Waals surface area contributed by atoms with Gasteiger partial charge in [-0.25, -0.2) is 0 Å². The van der Waals surface area contributed by atoms with Gasteiger partial charge in [0.25, 0.3) is 0 Å². The maximum atomic E-state index is 3.62. The summed E-state index contributed by atoms with van der Waals surface area (Å²) in [5.74, 6) is 0.877. The van der Waals surface area contributed by atoms with Crippen LogP contribution in [-0.2, 0) is 0 Å². The second-order valence-corrected chi connectivity index (χ2v) is 5.48. The first-order valence-electron chi connectivity index (χ1n) is 6.43. The Kier molecular flexibility index (Phi) is 4.60. The molecule has 3 atom stereocenters. The molecule has 0 saturated heterocycles. The summed E-state index contributed by atoms with van der Waals surface area (Å²) >= 11 is 0. The van der Waals surface area contributed by atoms with Crippen LogP contribution >= 0.6 is 0 Å². The molecular formula is C13H28N2. The molecule has 0 spiro atoms. The summed E-state index contributed by atoms with van der Waals surface area (Å²) in [6.07, 6.45) is 5.48. The van der Waals surface area contributed by atoms with Gasteiger partial charge in [-0.1, -0.05) is 26.7 Å². The van der Waals surface area contributed by atoms with Gasteiger partial charge in [-0.15, -0.1) is 0 Å². The number of hydrogen-bond donors (Lipinski definition) is 1. The average molecular weight is 212 g/mol. The summed E-state index contributed by atoms with van der Waals surface area (Å²) in [7, 11) is 4.48. The van der Waals surface area contributed by atoms with Crippen LogP contribution in [0.3, 0.4) is 0 Å². The molecule has 0 aliphatic heterocycles. The molecule has 1 aliphatic carbocycles. The summed E-state index contributed by atoms with van der Waals surface area (Å²) in [6.45, 7) is 8.02. The molecule has 0 radical (unpaired) electrons. The predicted octanol–water partition coefficient (Wildman–Crippen LogP) is 2.49. The van der Waals surface area contributed by atoms with E-state index in [0.717, 1.165) is 12.5 Å². The van der Waals surface area contributed by atoms with Gasteiger partial charge in [0.15, 0.2) is 0 Å². The van der Waals surface area contributed by atoms with Crippen molar-refractivity contribution < 1.29 is 0 Å². The van der Waals surface area contributed by atoms with E-state index in [1.165, 1.54) is 25.7 Å². The standard InChI is InChI=1S/C13H28N2/c1-6-14-12(3)13(15(4)5)9-7-8-11(2)10-13/h11-12,14H,6-10H2,1-5H3. The van der Waals surface area contributed by atoms with Crippen molar-refractivity contribution in [2.45, 2.75) is 58.0 Å². The maximum Gasteiger partial charge on any atom is 0.0356 e. The molecule has 1 rings (SSSR count). The minimum absolute atomic E-state index is 0.383. The summed E-state index contributed by atoms with van der Waals surface area (Å²) in [5, 5.41) is 3.62. The molecule has 15 heavy (non-hydrogen) atoms. The largest absolute Gasteiger partial charge is 0.313 e. The third kappa shape index (κ3) is 2.73. The van der Waals surface area contributed by atoms with E-state index in [1.807, 2.05) is 0 Å². The molecule has 0 heterocycles. The van der Waals surface area contributed by atoms with Crippen molar-refractivity contribution in [3.8, 4) is 0 Å². The first-order chi connectivity index (χ1) is 7.03. The lowest BCUT2D eigenvalue weighted by molar-refractivity contribution is 0.0440. The smallest absolute Gasteiger partial charge is 0.0356 e. The Labute approximate surface area is 95.4 Å². The van der Waals surface area contributed by atoms with Crippen LogP contribution in [0.15, 0.2) is 0 Å². The zero-order chi connectivity index (χ0) is 11.5. The van der Waals surface area contributed by atoms with Crippen molar-refractivity contribution in [1.29, 1.82) is 0 Å². The van der Waals surface area contributed by atoms with Gasteiger partial charge >= 0.3 is 0 Å². The van der Waals surface area contributed by atoms with E-state index in [4.69, 9.17) is 0 Å². The van der Waals surface area contributed by atoms with Crippen LogP contribution in [0.1, 0.15) is 46.5 Å². The Morgan fingerprint density at radius 2 is 2.13 bits per heavy atom. The van der Waals surface area contributed by atoms with Gasteiger partial charge in [-0.3, -0.25) is 0 Å². The molecule has 0 amide bonds. The van der Waals surface area contributed by atoms with E-state index in [2.05, 4.69) is 45.1 Å². The Morgan fingerprint density at radius 3 is 2.60 bits per heavy atom. The molecule has 1 N–H and O–H groups in total. The van der Waals surface area contributed by atoms with E-state index in [9.17, 15) is 0 Å². The first kappa shape index (κ1) is 13.0. The molecule has 0 bridgehead atoms. The lowest BCUT2D eigenvalue weighted by atomic mass is 9.71. The Bertz CT molecular complexity index is 191. The Morgan fingerprint density at radius 1 is 1.47 bits per heavy atom. The van der Waals surface area contributed by atoms with Crippen molar-refractivity contribution in [2.75, 3.05) is 20.6 Å². The van der Waals surface area contributed by atoms with E-state index in [1.54, 1.807) is 0 Å². The molecule has 1 fully saturated rings. The van der Waals surface area contributed by atoms with Gasteiger partial charge in [0.05, 0.1) is 0 Å². The van der Waals surface area contributed by atoms with Crippen LogP contribution in [0, 0.1) is 5.92 Å². The summed E-state index contributed by atoms with van der Waals surface area (Å²) in [5.41, 5.74) is 0.383. The minimum Gasteiger partial charge on any atom is -0.313 e. The summed E-state index contributed by atoms with van der Waals surface area (Å²) < 4.78 is 0. The van der Waals surface area contributed by atoms with Crippen LogP contribution in [0.2, 0.25) is 0 Å². The number of nitrogens with one attached hydrogen (secondary N) is 1. The van der Waals surface area contributed by atoms with Crippen LogP contribution < -0.4 is 5.32 Å². The molecular weight excluding hydrogens is 184 g/mol. The normalized spacial score (nSPS) is 34.4. The molecule has 1 aliphatic rings. The summed E-state index contributed by atoms with van der Waals surface area (Å²) in [6, 6.07) is 0.597.